The van der Waals surface area contributed by atoms with Crippen LogP contribution in [-0.4, -0.2) is 18.3 Å². The molecule has 2 aliphatic rings. The lowest BCUT2D eigenvalue weighted by Gasteiger charge is -2.22. The smallest absolute Gasteiger partial charge is 0.157 e. The first-order chi connectivity index (χ1) is 6.71. The van der Waals surface area contributed by atoms with Gasteiger partial charge in [0.15, 0.2) is 5.84 Å². The van der Waals surface area contributed by atoms with Crippen molar-refractivity contribution in [1.29, 1.82) is 5.26 Å². The molecule has 0 aliphatic carbocycles. The van der Waals surface area contributed by atoms with Crippen molar-refractivity contribution in [3.8, 4) is 6.07 Å². The lowest BCUT2D eigenvalue weighted by atomic mass is 9.80. The summed E-state index contributed by atoms with van der Waals surface area (Å²) in [6, 6.07) is 2.01. The van der Waals surface area contributed by atoms with Gasteiger partial charge in [0.05, 0.1) is 11.0 Å². The van der Waals surface area contributed by atoms with Crippen LogP contribution in [0.5, 0.6) is 0 Å². The Kier molecular flexibility index (Phi) is 1.68. The van der Waals surface area contributed by atoms with Crippen LogP contribution < -0.4 is 0 Å². The molecule has 14 heavy (non-hydrogen) atoms. The minimum Gasteiger partial charge on any atom is -0.302 e. The van der Waals surface area contributed by atoms with E-state index in [1.54, 1.807) is 19.2 Å². The van der Waals surface area contributed by atoms with E-state index >= 15 is 0 Å². The van der Waals surface area contributed by atoms with Gasteiger partial charge in [-0.25, -0.2) is 9.98 Å². The molecule has 0 amide bonds. The van der Waals surface area contributed by atoms with Crippen molar-refractivity contribution >= 4 is 18.3 Å². The van der Waals surface area contributed by atoms with E-state index in [1.807, 2.05) is 6.07 Å². The zero-order valence-corrected chi connectivity index (χ0v) is 7.56. The number of hydrogen-bond acceptors (Lipinski definition) is 4. The molecule has 4 nitrogen and oxygen atoms in total. The number of amidine groups is 1. The highest BCUT2D eigenvalue weighted by Crippen LogP contribution is 2.35. The Labute approximate surface area is 81.0 Å². The first-order valence-corrected chi connectivity index (χ1v) is 4.12. The number of rotatable bonds is 1. The van der Waals surface area contributed by atoms with Crippen LogP contribution in [0.1, 0.15) is 6.92 Å². The van der Waals surface area contributed by atoms with Gasteiger partial charge >= 0.3 is 0 Å². The van der Waals surface area contributed by atoms with E-state index in [-0.39, 0.29) is 0 Å². The normalized spacial score (nSPS) is 28.4. The van der Waals surface area contributed by atoms with E-state index in [2.05, 4.69) is 9.98 Å². The minimum atomic E-state index is -0.765. The zero-order valence-electron chi connectivity index (χ0n) is 7.56. The third-order valence-electron chi connectivity index (χ3n) is 2.33. The Hall–Kier alpha value is -2.02. The highest BCUT2D eigenvalue weighted by molar-refractivity contribution is 6.18. The molecule has 1 atom stereocenters. The second-order valence-electron chi connectivity index (χ2n) is 3.33. The van der Waals surface area contributed by atoms with Crippen LogP contribution in [0.15, 0.2) is 33.4 Å². The third kappa shape index (κ3) is 0.958. The lowest BCUT2D eigenvalue weighted by molar-refractivity contribution is -0.112. The number of nitrogens with zero attached hydrogens (tertiary/aromatic N) is 3. The molecule has 0 radical (unpaired) electrons. The van der Waals surface area contributed by atoms with Crippen LogP contribution in [-0.2, 0) is 4.79 Å². The molecule has 0 aromatic heterocycles. The van der Waals surface area contributed by atoms with Gasteiger partial charge in [0.25, 0.3) is 0 Å². The van der Waals surface area contributed by atoms with Gasteiger partial charge in [0.2, 0.25) is 0 Å². The van der Waals surface area contributed by atoms with Gasteiger partial charge in [0.1, 0.15) is 12.4 Å². The first-order valence-electron chi connectivity index (χ1n) is 4.12. The quantitative estimate of drug-likeness (QED) is 0.572. The molecule has 0 saturated carbocycles. The highest BCUT2D eigenvalue weighted by Gasteiger charge is 2.36. The number of carbonyl (C=O) groups is 1. The van der Waals surface area contributed by atoms with E-state index in [9.17, 15) is 4.79 Å². The largest absolute Gasteiger partial charge is 0.302 e. The summed E-state index contributed by atoms with van der Waals surface area (Å²) in [5.74, 6) is 0.471. The lowest BCUT2D eigenvalue weighted by Crippen LogP contribution is -2.25. The zero-order chi connectivity index (χ0) is 10.2. The van der Waals surface area contributed by atoms with Crippen molar-refractivity contribution in [2.45, 2.75) is 6.92 Å². The summed E-state index contributed by atoms with van der Waals surface area (Å²) in [6.45, 7) is 1.74. The minimum absolute atomic E-state index is 0.419. The van der Waals surface area contributed by atoms with Crippen molar-refractivity contribution in [2.24, 2.45) is 15.4 Å². The molecule has 0 bridgehead atoms. The molecular weight excluding hydrogens is 178 g/mol. The Morgan fingerprint density at radius 3 is 3.07 bits per heavy atom. The second kappa shape index (κ2) is 2.74. The maximum atomic E-state index is 11.0. The summed E-state index contributed by atoms with van der Waals surface area (Å²) >= 11 is 0. The fraction of sp³-hybridized carbons (Fsp3) is 0.200. The van der Waals surface area contributed by atoms with Crippen LogP contribution in [0.25, 0.3) is 0 Å². The Morgan fingerprint density at radius 2 is 2.43 bits per heavy atom. The van der Waals surface area contributed by atoms with Gasteiger partial charge in [-0.1, -0.05) is 0 Å². The fourth-order valence-electron chi connectivity index (χ4n) is 1.53. The van der Waals surface area contributed by atoms with E-state index < -0.39 is 5.41 Å². The fourth-order valence-corrected chi connectivity index (χ4v) is 1.53. The summed E-state index contributed by atoms with van der Waals surface area (Å²) in [6.07, 6.45) is 5.47. The predicted molar refractivity (Wildman–Crippen MR) is 51.9 cm³/mol. The van der Waals surface area contributed by atoms with Crippen LogP contribution >= 0.6 is 0 Å². The average molecular weight is 185 g/mol. The van der Waals surface area contributed by atoms with Crippen LogP contribution in [0.2, 0.25) is 0 Å². The predicted octanol–water partition coefficient (Wildman–Crippen LogP) is 1.02. The molecule has 0 N–H and O–H groups in total. The highest BCUT2D eigenvalue weighted by atomic mass is 16.1. The van der Waals surface area contributed by atoms with E-state index in [4.69, 9.17) is 5.26 Å². The number of aldehydes is 1. The maximum Gasteiger partial charge on any atom is 0.157 e. The van der Waals surface area contributed by atoms with E-state index in [1.165, 1.54) is 6.21 Å². The maximum absolute atomic E-state index is 11.0. The van der Waals surface area contributed by atoms with Crippen molar-refractivity contribution in [3.63, 3.8) is 0 Å². The van der Waals surface area contributed by atoms with E-state index in [0.717, 1.165) is 6.29 Å². The SMILES string of the molecule is CC1(C=O)C=CN=C2N=CC(C#N)=C21. The second-order valence-corrected chi connectivity index (χ2v) is 3.33. The summed E-state index contributed by atoms with van der Waals surface area (Å²) in [5, 5.41) is 8.84. The Morgan fingerprint density at radius 1 is 1.64 bits per heavy atom. The number of nitriles is 1. The van der Waals surface area contributed by atoms with Crippen molar-refractivity contribution in [1.82, 2.24) is 0 Å². The number of aliphatic imine (C=N–C) groups is 2. The number of hydrogen-bond donors (Lipinski definition) is 0. The van der Waals surface area contributed by atoms with Crippen LogP contribution in [0, 0.1) is 16.7 Å². The monoisotopic (exact) mass is 185 g/mol. The molecule has 2 rings (SSSR count). The van der Waals surface area contributed by atoms with Crippen molar-refractivity contribution in [2.75, 3.05) is 0 Å². The molecule has 68 valence electrons. The van der Waals surface area contributed by atoms with Gasteiger partial charge in [-0.15, -0.1) is 0 Å². The molecule has 4 heteroatoms. The van der Waals surface area contributed by atoms with Crippen LogP contribution in [0.3, 0.4) is 0 Å². The molecular formula is C10H7N3O. The molecule has 0 fully saturated rings. The van der Waals surface area contributed by atoms with Crippen molar-refractivity contribution < 1.29 is 4.79 Å². The third-order valence-corrected chi connectivity index (χ3v) is 2.33. The number of carbonyl (C=O) groups excluding carboxylic acids is 1. The number of allylic oxidation sites excluding steroid dienone is 2. The molecule has 0 aromatic rings. The number of fused-ring (bicyclic) bond motifs is 1. The first kappa shape index (κ1) is 8.57. The van der Waals surface area contributed by atoms with Gasteiger partial charge < -0.3 is 4.79 Å². The molecule has 0 aromatic carbocycles. The standard InChI is InChI=1S/C10H7N3O/c1-10(6-14)2-3-12-9-8(10)7(4-11)5-13-9/h2-3,5-6H,1H3. The van der Waals surface area contributed by atoms with Crippen molar-refractivity contribution in [3.05, 3.63) is 23.4 Å². The molecule has 0 spiro atoms. The van der Waals surface area contributed by atoms with Gasteiger partial charge in [-0.05, 0) is 13.0 Å². The molecule has 2 aliphatic heterocycles. The molecule has 0 saturated heterocycles. The summed E-state index contributed by atoms with van der Waals surface area (Å²) in [4.78, 5) is 19.0. The summed E-state index contributed by atoms with van der Waals surface area (Å²) in [5.41, 5.74) is 0.263. The van der Waals surface area contributed by atoms with Gasteiger partial charge in [-0.2, -0.15) is 5.26 Å². The van der Waals surface area contributed by atoms with Gasteiger partial charge in [0, 0.05) is 18.0 Å². The average Bonchev–Trinajstić information content (AvgIpc) is 2.62. The molecule has 2 heterocycles. The van der Waals surface area contributed by atoms with E-state index in [0.29, 0.717) is 17.0 Å². The van der Waals surface area contributed by atoms with Gasteiger partial charge in [-0.3, -0.25) is 0 Å². The Bertz CT molecular complexity index is 462. The summed E-state index contributed by atoms with van der Waals surface area (Å²) in [7, 11) is 0. The topological polar surface area (TPSA) is 65.6 Å². The Balaban J connectivity index is 2.65. The van der Waals surface area contributed by atoms with Crippen LogP contribution in [0.4, 0.5) is 0 Å². The molecule has 1 unspecified atom stereocenters. The summed E-state index contributed by atoms with van der Waals surface area (Å²) < 4.78 is 0.